The molecular weight excluding hydrogens is 656 g/mol. The lowest BCUT2D eigenvalue weighted by Crippen LogP contribution is -2.52. The summed E-state index contributed by atoms with van der Waals surface area (Å²) >= 11 is 0. The molecule has 0 saturated carbocycles. The average molecular weight is 727 g/mol. The van der Waals surface area contributed by atoms with Gasteiger partial charge in [0.2, 0.25) is 5.75 Å². The second-order valence-electron chi connectivity index (χ2n) is 13.4. The number of carbonyl (C=O) groups excluding carboxylic acids is 2. The standard InChI is InChI=1S/C39H70N2O10/c1-4-7-10-13-16-19-24-49-32-27-30(38(47)40-22-23-41-39(48)36(46)35(45)34(44)31(43)29-42)28-33(50-25-20-17-14-11-8-5-2)37(32)51-26-21-18-15-12-9-6-3/h27-28,31,34-36,42-46H,4-26,29H2,1-3H3,(H,40,47)(H,41,48)/t31-,34-,35-,36+/m1/s1. The Morgan fingerprint density at radius 3 is 1.45 bits per heavy atom. The molecule has 0 radical (unpaired) electrons. The molecule has 0 heterocycles. The Hall–Kier alpha value is -2.64. The Bertz CT molecular complexity index is 1000. The Morgan fingerprint density at radius 1 is 0.588 bits per heavy atom. The number of unbranched alkanes of at least 4 members (excludes halogenated alkanes) is 15. The molecule has 0 bridgehead atoms. The van der Waals surface area contributed by atoms with Gasteiger partial charge in [-0.25, -0.2) is 0 Å². The first kappa shape index (κ1) is 46.4. The molecule has 7 N–H and O–H groups in total. The first-order valence-corrected chi connectivity index (χ1v) is 19.7. The van der Waals surface area contributed by atoms with E-state index in [1.807, 2.05) is 0 Å². The van der Waals surface area contributed by atoms with Crippen LogP contribution in [0.1, 0.15) is 147 Å². The molecule has 2 amide bonds. The van der Waals surface area contributed by atoms with Crippen molar-refractivity contribution in [1.29, 1.82) is 0 Å². The van der Waals surface area contributed by atoms with Gasteiger partial charge in [-0.15, -0.1) is 0 Å². The number of hydrogen-bond donors (Lipinski definition) is 7. The van der Waals surface area contributed by atoms with Crippen molar-refractivity contribution in [2.45, 2.75) is 161 Å². The highest BCUT2D eigenvalue weighted by molar-refractivity contribution is 5.95. The first-order chi connectivity index (χ1) is 24.7. The summed E-state index contributed by atoms with van der Waals surface area (Å²) in [6.45, 7) is 7.10. The van der Waals surface area contributed by atoms with Gasteiger partial charge in [0, 0.05) is 18.7 Å². The lowest BCUT2D eigenvalue weighted by atomic mass is 10.0. The Morgan fingerprint density at radius 2 is 1.00 bits per heavy atom. The van der Waals surface area contributed by atoms with E-state index < -0.39 is 42.8 Å². The van der Waals surface area contributed by atoms with E-state index in [1.165, 1.54) is 57.8 Å². The maximum atomic E-state index is 13.3. The van der Waals surface area contributed by atoms with Gasteiger partial charge < -0.3 is 50.4 Å². The van der Waals surface area contributed by atoms with Gasteiger partial charge >= 0.3 is 0 Å². The van der Waals surface area contributed by atoms with E-state index >= 15 is 0 Å². The fourth-order valence-electron chi connectivity index (χ4n) is 5.50. The number of rotatable bonds is 33. The van der Waals surface area contributed by atoms with Crippen molar-refractivity contribution < 1.29 is 49.3 Å². The Kier molecular flexibility index (Phi) is 27.2. The highest BCUT2D eigenvalue weighted by atomic mass is 16.5. The van der Waals surface area contributed by atoms with Gasteiger partial charge in [-0.1, -0.05) is 117 Å². The number of aliphatic hydroxyl groups is 5. The molecular formula is C39H70N2O10. The molecule has 12 nitrogen and oxygen atoms in total. The van der Waals surface area contributed by atoms with Crippen LogP contribution in [0.5, 0.6) is 17.2 Å². The van der Waals surface area contributed by atoms with Gasteiger partial charge in [-0.05, 0) is 31.4 Å². The van der Waals surface area contributed by atoms with E-state index in [9.17, 15) is 30.0 Å². The largest absolute Gasteiger partial charge is 0.490 e. The second-order valence-corrected chi connectivity index (χ2v) is 13.4. The van der Waals surface area contributed by atoms with Gasteiger partial charge in [-0.3, -0.25) is 9.59 Å². The molecule has 0 aliphatic rings. The van der Waals surface area contributed by atoms with Crippen LogP contribution < -0.4 is 24.8 Å². The maximum absolute atomic E-state index is 13.3. The third-order valence-electron chi connectivity index (χ3n) is 8.77. The van der Waals surface area contributed by atoms with Crippen LogP contribution in [0.3, 0.4) is 0 Å². The number of benzene rings is 1. The van der Waals surface area contributed by atoms with Crippen LogP contribution in [0.15, 0.2) is 12.1 Å². The molecule has 51 heavy (non-hydrogen) atoms. The predicted molar refractivity (Wildman–Crippen MR) is 200 cm³/mol. The molecule has 4 atom stereocenters. The zero-order chi connectivity index (χ0) is 37.7. The summed E-state index contributed by atoms with van der Waals surface area (Å²) in [7, 11) is 0. The number of ether oxygens (including phenoxy) is 3. The Labute approximate surface area is 306 Å². The number of amides is 2. The molecule has 0 unspecified atom stereocenters. The van der Waals surface area contributed by atoms with Gasteiger partial charge in [0.1, 0.15) is 18.3 Å². The number of hydrogen-bond acceptors (Lipinski definition) is 10. The van der Waals surface area contributed by atoms with Crippen molar-refractivity contribution in [3.63, 3.8) is 0 Å². The molecule has 296 valence electrons. The van der Waals surface area contributed by atoms with Crippen molar-refractivity contribution in [2.75, 3.05) is 39.5 Å². The molecule has 0 spiro atoms. The highest BCUT2D eigenvalue weighted by Gasteiger charge is 2.34. The second kappa shape index (κ2) is 29.9. The van der Waals surface area contributed by atoms with Crippen molar-refractivity contribution in [3.8, 4) is 17.2 Å². The van der Waals surface area contributed by atoms with Gasteiger partial charge in [0.05, 0.1) is 26.4 Å². The topological polar surface area (TPSA) is 187 Å². The van der Waals surface area contributed by atoms with Crippen LogP contribution in [0.4, 0.5) is 0 Å². The number of nitrogens with one attached hydrogen (secondary N) is 2. The molecule has 0 saturated heterocycles. The molecule has 0 fully saturated rings. The molecule has 1 aromatic rings. The van der Waals surface area contributed by atoms with E-state index in [0.717, 1.165) is 57.8 Å². The van der Waals surface area contributed by atoms with E-state index in [2.05, 4.69) is 31.4 Å². The van der Waals surface area contributed by atoms with Crippen LogP contribution in [-0.2, 0) is 4.79 Å². The third-order valence-corrected chi connectivity index (χ3v) is 8.77. The summed E-state index contributed by atoms with van der Waals surface area (Å²) < 4.78 is 18.8. The molecule has 1 rings (SSSR count). The van der Waals surface area contributed by atoms with Crippen LogP contribution in [-0.4, -0.2) is 101 Å². The van der Waals surface area contributed by atoms with Crippen LogP contribution in [0.2, 0.25) is 0 Å². The monoisotopic (exact) mass is 727 g/mol. The molecule has 0 aliphatic heterocycles. The van der Waals surface area contributed by atoms with E-state index in [4.69, 9.17) is 19.3 Å². The zero-order valence-corrected chi connectivity index (χ0v) is 31.7. The minimum absolute atomic E-state index is 0.00656. The summed E-state index contributed by atoms with van der Waals surface area (Å²) in [5.74, 6) is -0.0278. The van der Waals surface area contributed by atoms with Crippen molar-refractivity contribution in [2.24, 2.45) is 0 Å². The van der Waals surface area contributed by atoms with Gasteiger partial charge in [-0.2, -0.15) is 0 Å². The van der Waals surface area contributed by atoms with E-state index in [-0.39, 0.29) is 13.1 Å². The molecule has 12 heteroatoms. The zero-order valence-electron chi connectivity index (χ0n) is 31.7. The van der Waals surface area contributed by atoms with Crippen LogP contribution in [0.25, 0.3) is 0 Å². The SMILES string of the molecule is CCCCCCCCOc1cc(C(=O)NCCNC(=O)[C@@H](O)[C@H](O)[C@H](O)[C@H](O)CO)cc(OCCCCCCCC)c1OCCCCCCCC. The smallest absolute Gasteiger partial charge is 0.251 e. The minimum Gasteiger partial charge on any atom is -0.490 e. The van der Waals surface area contributed by atoms with Gasteiger partial charge in [0.25, 0.3) is 11.8 Å². The highest BCUT2D eigenvalue weighted by Crippen LogP contribution is 2.39. The van der Waals surface area contributed by atoms with Crippen LogP contribution >= 0.6 is 0 Å². The number of carbonyl (C=O) groups is 2. The molecule has 1 aromatic carbocycles. The summed E-state index contributed by atoms with van der Waals surface area (Å²) in [6, 6.07) is 3.32. The normalized spacial score (nSPS) is 13.6. The third kappa shape index (κ3) is 20.3. The summed E-state index contributed by atoms with van der Waals surface area (Å²) in [5.41, 5.74) is 0.306. The van der Waals surface area contributed by atoms with E-state index in [1.54, 1.807) is 12.1 Å². The maximum Gasteiger partial charge on any atom is 0.251 e. The predicted octanol–water partition coefficient (Wildman–Crippen LogP) is 5.19. The van der Waals surface area contributed by atoms with Crippen molar-refractivity contribution in [3.05, 3.63) is 17.7 Å². The molecule has 0 aliphatic carbocycles. The fourth-order valence-corrected chi connectivity index (χ4v) is 5.50. The summed E-state index contributed by atoms with van der Waals surface area (Å²) in [6.07, 6.45) is 12.4. The van der Waals surface area contributed by atoms with Crippen LogP contribution in [0, 0.1) is 0 Å². The number of aliphatic hydroxyl groups excluding tert-OH is 5. The van der Waals surface area contributed by atoms with E-state index in [0.29, 0.717) is 42.6 Å². The lowest BCUT2D eigenvalue weighted by molar-refractivity contribution is -0.148. The summed E-state index contributed by atoms with van der Waals surface area (Å²) in [4.78, 5) is 25.6. The quantitative estimate of drug-likeness (QED) is 0.0476. The first-order valence-electron chi connectivity index (χ1n) is 19.7. The van der Waals surface area contributed by atoms with Crippen molar-refractivity contribution >= 4 is 11.8 Å². The Balaban J connectivity index is 3.03. The fraction of sp³-hybridized carbons (Fsp3) is 0.795. The van der Waals surface area contributed by atoms with Gasteiger partial charge in [0.15, 0.2) is 17.6 Å². The minimum atomic E-state index is -2.06. The molecule has 0 aromatic heterocycles. The average Bonchev–Trinajstić information content (AvgIpc) is 3.14. The summed E-state index contributed by atoms with van der Waals surface area (Å²) in [5, 5.41) is 53.3. The van der Waals surface area contributed by atoms with Crippen molar-refractivity contribution in [1.82, 2.24) is 10.6 Å². The lowest BCUT2D eigenvalue weighted by Gasteiger charge is -2.24.